The van der Waals surface area contributed by atoms with Crippen LogP contribution in [0.1, 0.15) is 19.8 Å². The minimum atomic E-state index is -3.52. The van der Waals surface area contributed by atoms with Gasteiger partial charge in [-0.1, -0.05) is 12.1 Å². The smallest absolute Gasteiger partial charge is 0.246 e. The summed E-state index contributed by atoms with van der Waals surface area (Å²) in [6, 6.07) is 6.80. The van der Waals surface area contributed by atoms with Crippen LogP contribution in [0, 0.1) is 0 Å². The number of nitrogens with zero attached hydrogens (tertiary/aromatic N) is 2. The van der Waals surface area contributed by atoms with Gasteiger partial charge in [0.1, 0.15) is 16.7 Å². The number of hydrogen-bond acceptors (Lipinski definition) is 5. The third kappa shape index (κ3) is 3.44. The Balaban J connectivity index is 1.81. The first-order valence-electron chi connectivity index (χ1n) is 8.58. The molecule has 0 radical (unpaired) electrons. The second kappa shape index (κ2) is 7.39. The Labute approximate surface area is 144 Å². The summed E-state index contributed by atoms with van der Waals surface area (Å²) in [5.74, 6) is 0.472. The first-order chi connectivity index (χ1) is 11.5. The highest BCUT2D eigenvalue weighted by atomic mass is 32.2. The first-order valence-corrected chi connectivity index (χ1v) is 10.0. The lowest BCUT2D eigenvalue weighted by Crippen LogP contribution is -2.44. The zero-order chi connectivity index (χ0) is 17.2. The zero-order valence-corrected chi connectivity index (χ0v) is 15.2. The number of likely N-dealkylation sites (N-methyl/N-ethyl adjacent to an activating group) is 1. The van der Waals surface area contributed by atoms with E-state index in [0.29, 0.717) is 12.4 Å². The Morgan fingerprint density at radius 3 is 2.79 bits per heavy atom. The van der Waals surface area contributed by atoms with E-state index in [9.17, 15) is 8.42 Å². The second-order valence-corrected chi connectivity index (χ2v) is 8.27. The van der Waals surface area contributed by atoms with E-state index in [1.807, 2.05) is 13.0 Å². The van der Waals surface area contributed by atoms with E-state index in [2.05, 4.69) is 4.90 Å². The van der Waals surface area contributed by atoms with Gasteiger partial charge in [0.25, 0.3) is 0 Å². The lowest BCUT2D eigenvalue weighted by molar-refractivity contribution is 0.110. The summed E-state index contributed by atoms with van der Waals surface area (Å²) in [4.78, 5) is 2.61. The molecule has 0 unspecified atom stereocenters. The van der Waals surface area contributed by atoms with Gasteiger partial charge in [-0.3, -0.25) is 0 Å². The molecule has 2 heterocycles. The Morgan fingerprint density at radius 1 is 1.25 bits per heavy atom. The fourth-order valence-corrected chi connectivity index (χ4v) is 5.02. The number of ether oxygens (including phenoxy) is 2. The lowest BCUT2D eigenvalue weighted by Gasteiger charge is -2.28. The number of hydrogen-bond donors (Lipinski definition) is 0. The van der Waals surface area contributed by atoms with Crippen LogP contribution in [0.2, 0.25) is 0 Å². The van der Waals surface area contributed by atoms with Crippen LogP contribution in [0.25, 0.3) is 0 Å². The molecule has 0 aliphatic carbocycles. The van der Waals surface area contributed by atoms with Crippen LogP contribution in [0.15, 0.2) is 29.2 Å². The molecule has 3 rings (SSSR count). The third-order valence-electron chi connectivity index (χ3n) is 4.91. The van der Waals surface area contributed by atoms with Crippen molar-refractivity contribution in [3.8, 4) is 5.75 Å². The minimum Gasteiger partial charge on any atom is -0.487 e. The van der Waals surface area contributed by atoms with E-state index < -0.39 is 10.0 Å². The van der Waals surface area contributed by atoms with Crippen LogP contribution >= 0.6 is 0 Å². The van der Waals surface area contributed by atoms with Crippen LogP contribution in [0.5, 0.6) is 5.75 Å². The first kappa shape index (κ1) is 17.7. The van der Waals surface area contributed by atoms with Crippen molar-refractivity contribution in [2.24, 2.45) is 0 Å². The summed E-state index contributed by atoms with van der Waals surface area (Å²) in [5, 5.41) is 0. The van der Waals surface area contributed by atoms with Gasteiger partial charge in [-0.05, 0) is 38.4 Å². The molecule has 7 heteroatoms. The highest BCUT2D eigenvalue weighted by Gasteiger charge is 2.41. The van der Waals surface area contributed by atoms with Crippen molar-refractivity contribution in [3.63, 3.8) is 0 Å². The van der Waals surface area contributed by atoms with Gasteiger partial charge >= 0.3 is 0 Å². The van der Waals surface area contributed by atoms with E-state index >= 15 is 0 Å². The predicted octanol–water partition coefficient (Wildman–Crippen LogP) is 1.57. The van der Waals surface area contributed by atoms with Gasteiger partial charge in [-0.15, -0.1) is 0 Å². The maximum atomic E-state index is 12.9. The number of para-hydroxylation sites is 1. The summed E-state index contributed by atoms with van der Waals surface area (Å²) in [6.45, 7) is 6.05. The maximum absolute atomic E-state index is 12.9. The van der Waals surface area contributed by atoms with Crippen molar-refractivity contribution in [2.75, 3.05) is 39.9 Å². The Hall–Kier alpha value is -1.15. The van der Waals surface area contributed by atoms with Crippen molar-refractivity contribution in [1.29, 1.82) is 0 Å². The monoisotopic (exact) mass is 354 g/mol. The van der Waals surface area contributed by atoms with Gasteiger partial charge in [0.2, 0.25) is 10.0 Å². The average Bonchev–Trinajstić information content (AvgIpc) is 2.81. The van der Waals surface area contributed by atoms with Gasteiger partial charge in [-0.25, -0.2) is 8.42 Å². The molecular formula is C17H26N2O4S. The molecule has 1 aromatic rings. The average molecular weight is 354 g/mol. The number of rotatable bonds is 4. The van der Waals surface area contributed by atoms with Gasteiger partial charge in [0, 0.05) is 26.7 Å². The molecule has 0 N–H and O–H groups in total. The normalized spacial score (nSPS) is 27.4. The van der Waals surface area contributed by atoms with E-state index in [1.54, 1.807) is 25.2 Å². The lowest BCUT2D eigenvalue weighted by atomic mass is 10.1. The molecule has 2 aliphatic rings. The van der Waals surface area contributed by atoms with Crippen molar-refractivity contribution >= 4 is 10.0 Å². The van der Waals surface area contributed by atoms with Crippen LogP contribution in [0.3, 0.4) is 0 Å². The summed E-state index contributed by atoms with van der Waals surface area (Å²) in [7, 11) is -1.84. The maximum Gasteiger partial charge on any atom is 0.246 e. The van der Waals surface area contributed by atoms with Crippen LogP contribution in [0.4, 0.5) is 0 Å². The third-order valence-corrected chi connectivity index (χ3v) is 6.83. The summed E-state index contributed by atoms with van der Waals surface area (Å²) in [6.07, 6.45) is 1.46. The van der Waals surface area contributed by atoms with E-state index in [1.165, 1.54) is 4.31 Å². The van der Waals surface area contributed by atoms with E-state index in [0.717, 1.165) is 39.1 Å². The summed E-state index contributed by atoms with van der Waals surface area (Å²) < 4.78 is 38.9. The number of benzene rings is 1. The van der Waals surface area contributed by atoms with Crippen LogP contribution < -0.4 is 4.74 Å². The standard InChI is InChI=1S/C17H26N2O4S/c1-3-22-13-12-19-10-8-14-15(9-11-19)23-16-6-4-5-7-17(16)24(20,21)18(14)2/h4-7,14-15H,3,8-13H2,1-2H3/t14-,15-/m1/s1. The Kier molecular flexibility index (Phi) is 5.44. The van der Waals surface area contributed by atoms with Crippen molar-refractivity contribution < 1.29 is 17.9 Å². The highest BCUT2D eigenvalue weighted by Crippen LogP contribution is 2.35. The molecule has 0 amide bonds. The van der Waals surface area contributed by atoms with E-state index in [4.69, 9.17) is 9.47 Å². The molecule has 2 aliphatic heterocycles. The molecule has 6 nitrogen and oxygen atoms in total. The quantitative estimate of drug-likeness (QED) is 0.768. The van der Waals surface area contributed by atoms with Crippen molar-refractivity contribution in [2.45, 2.75) is 36.8 Å². The van der Waals surface area contributed by atoms with Gasteiger partial charge in [0.15, 0.2) is 0 Å². The fourth-order valence-electron chi connectivity index (χ4n) is 3.49. The largest absolute Gasteiger partial charge is 0.487 e. The Bertz CT molecular complexity index is 664. The van der Waals surface area contributed by atoms with Gasteiger partial charge in [0.05, 0.1) is 12.6 Å². The predicted molar refractivity (Wildman–Crippen MR) is 91.8 cm³/mol. The topological polar surface area (TPSA) is 59.1 Å². The van der Waals surface area contributed by atoms with Gasteiger partial charge < -0.3 is 14.4 Å². The van der Waals surface area contributed by atoms with Crippen LogP contribution in [-0.2, 0) is 14.8 Å². The highest BCUT2D eigenvalue weighted by molar-refractivity contribution is 7.89. The molecule has 0 aromatic heterocycles. The molecule has 24 heavy (non-hydrogen) atoms. The van der Waals surface area contributed by atoms with E-state index in [-0.39, 0.29) is 17.0 Å². The summed E-state index contributed by atoms with van der Waals surface area (Å²) in [5.41, 5.74) is 0. The Morgan fingerprint density at radius 2 is 2.00 bits per heavy atom. The molecule has 0 saturated carbocycles. The SMILES string of the molecule is CCOCCN1CC[C@@H]2[C@@H](CC1)Oc1ccccc1S(=O)(=O)N2C. The second-order valence-electron chi connectivity index (χ2n) is 6.31. The number of fused-ring (bicyclic) bond motifs is 2. The van der Waals surface area contributed by atoms with Crippen molar-refractivity contribution in [1.82, 2.24) is 9.21 Å². The summed E-state index contributed by atoms with van der Waals surface area (Å²) >= 11 is 0. The van der Waals surface area contributed by atoms with Gasteiger partial charge in [-0.2, -0.15) is 4.31 Å². The number of sulfonamides is 1. The molecule has 134 valence electrons. The van der Waals surface area contributed by atoms with Crippen LogP contribution in [-0.4, -0.2) is 69.7 Å². The molecule has 2 atom stereocenters. The molecule has 1 saturated heterocycles. The van der Waals surface area contributed by atoms with Crippen molar-refractivity contribution in [3.05, 3.63) is 24.3 Å². The minimum absolute atomic E-state index is 0.120. The molecule has 1 fully saturated rings. The molecule has 1 aromatic carbocycles. The zero-order valence-electron chi connectivity index (χ0n) is 14.3. The fraction of sp³-hybridized carbons (Fsp3) is 0.647. The molecule has 0 bridgehead atoms. The molecule has 0 spiro atoms. The molecular weight excluding hydrogens is 328 g/mol. The number of likely N-dealkylation sites (tertiary alicyclic amines) is 1.